The highest BCUT2D eigenvalue weighted by Crippen LogP contribution is 2.36. The first kappa shape index (κ1) is 18.9. The van der Waals surface area contributed by atoms with Gasteiger partial charge in [-0.15, -0.1) is 0 Å². The van der Waals surface area contributed by atoms with Crippen molar-refractivity contribution in [3.05, 3.63) is 27.2 Å². The maximum Gasteiger partial charge on any atom is 0.410 e. The van der Waals surface area contributed by atoms with Crippen molar-refractivity contribution in [2.75, 3.05) is 24.5 Å². The Morgan fingerprint density at radius 2 is 2.08 bits per heavy atom. The van der Waals surface area contributed by atoms with Crippen LogP contribution in [-0.2, 0) is 4.74 Å². The normalized spacial score (nSPS) is 18.3. The maximum atomic E-state index is 12.2. The van der Waals surface area contributed by atoms with Crippen molar-refractivity contribution in [3.8, 4) is 6.07 Å². The molecule has 130 valence electrons. The summed E-state index contributed by atoms with van der Waals surface area (Å²) in [6.45, 7) is 9.31. The lowest BCUT2D eigenvalue weighted by Gasteiger charge is -2.41. The minimum absolute atomic E-state index is 0.0598. The molecular formula is C17H21BrClN3O2. The zero-order valence-electron chi connectivity index (χ0n) is 14.3. The Hall–Kier alpha value is -1.45. The molecule has 0 radical (unpaired) electrons. The second-order valence-corrected chi connectivity index (χ2v) is 8.10. The number of hydrogen-bond donors (Lipinski definition) is 0. The van der Waals surface area contributed by atoms with E-state index in [-0.39, 0.29) is 12.1 Å². The molecule has 1 aromatic carbocycles. The largest absolute Gasteiger partial charge is 0.444 e. The van der Waals surface area contributed by atoms with Crippen LogP contribution in [0.25, 0.3) is 0 Å². The monoisotopic (exact) mass is 413 g/mol. The van der Waals surface area contributed by atoms with Crippen molar-refractivity contribution in [1.29, 1.82) is 5.26 Å². The summed E-state index contributed by atoms with van der Waals surface area (Å²) in [7, 11) is 0. The number of nitrogens with zero attached hydrogens (tertiary/aromatic N) is 3. The van der Waals surface area contributed by atoms with Crippen LogP contribution >= 0.6 is 27.5 Å². The first-order valence-corrected chi connectivity index (χ1v) is 8.93. The quantitative estimate of drug-likeness (QED) is 0.682. The molecule has 0 aromatic heterocycles. The molecular weight excluding hydrogens is 394 g/mol. The van der Waals surface area contributed by atoms with Crippen molar-refractivity contribution < 1.29 is 9.53 Å². The SMILES string of the molecule is C[C@H]1CN(C(=O)OC(C)(C)C)CCN1c1cc(C#N)cc(Br)c1Cl. The summed E-state index contributed by atoms with van der Waals surface area (Å²) < 4.78 is 6.13. The Kier molecular flexibility index (Phi) is 5.67. The van der Waals surface area contributed by atoms with Crippen molar-refractivity contribution in [3.63, 3.8) is 0 Å². The molecule has 0 saturated carbocycles. The highest BCUT2D eigenvalue weighted by atomic mass is 79.9. The molecule has 0 spiro atoms. The van der Waals surface area contributed by atoms with Crippen LogP contribution in [0.4, 0.5) is 10.5 Å². The van der Waals surface area contributed by atoms with E-state index >= 15 is 0 Å². The molecule has 1 aliphatic rings. The van der Waals surface area contributed by atoms with Gasteiger partial charge in [-0.25, -0.2) is 4.79 Å². The third kappa shape index (κ3) is 4.34. The second-order valence-electron chi connectivity index (χ2n) is 6.87. The van der Waals surface area contributed by atoms with E-state index in [9.17, 15) is 4.79 Å². The number of rotatable bonds is 1. The van der Waals surface area contributed by atoms with Crippen LogP contribution in [0, 0.1) is 11.3 Å². The van der Waals surface area contributed by atoms with Crippen molar-refractivity contribution in [1.82, 2.24) is 4.90 Å². The van der Waals surface area contributed by atoms with Gasteiger partial charge in [-0.3, -0.25) is 0 Å². The second kappa shape index (κ2) is 7.20. The van der Waals surface area contributed by atoms with Crippen molar-refractivity contribution >= 4 is 39.3 Å². The summed E-state index contributed by atoms with van der Waals surface area (Å²) in [5, 5.41) is 9.74. The molecule has 7 heteroatoms. The van der Waals surface area contributed by atoms with E-state index in [0.29, 0.717) is 34.7 Å². The summed E-state index contributed by atoms with van der Waals surface area (Å²) in [5.41, 5.74) is 0.842. The van der Waals surface area contributed by atoms with Crippen molar-refractivity contribution in [2.24, 2.45) is 0 Å². The lowest BCUT2D eigenvalue weighted by atomic mass is 10.1. The first-order chi connectivity index (χ1) is 11.1. The van der Waals surface area contributed by atoms with Gasteiger partial charge in [0, 0.05) is 30.1 Å². The molecule has 1 amide bonds. The van der Waals surface area contributed by atoms with Gasteiger partial charge < -0.3 is 14.5 Å². The van der Waals surface area contributed by atoms with E-state index in [1.807, 2.05) is 27.7 Å². The van der Waals surface area contributed by atoms with Gasteiger partial charge in [0.2, 0.25) is 0 Å². The van der Waals surface area contributed by atoms with Crippen LogP contribution < -0.4 is 4.90 Å². The number of piperazine rings is 1. The average Bonchev–Trinajstić information content (AvgIpc) is 2.48. The molecule has 24 heavy (non-hydrogen) atoms. The van der Waals surface area contributed by atoms with Gasteiger partial charge >= 0.3 is 6.09 Å². The van der Waals surface area contributed by atoms with Crippen LogP contribution in [-0.4, -0.2) is 42.3 Å². The molecule has 1 aromatic rings. The number of nitriles is 1. The lowest BCUT2D eigenvalue weighted by molar-refractivity contribution is 0.0219. The predicted octanol–water partition coefficient (Wildman–Crippen LogP) is 4.42. The van der Waals surface area contributed by atoms with E-state index in [1.54, 1.807) is 17.0 Å². The van der Waals surface area contributed by atoms with E-state index < -0.39 is 5.60 Å². The molecule has 1 atom stereocenters. The summed E-state index contributed by atoms with van der Waals surface area (Å²) in [6.07, 6.45) is -0.299. The fourth-order valence-corrected chi connectivity index (χ4v) is 3.32. The van der Waals surface area contributed by atoms with E-state index in [1.165, 1.54) is 0 Å². The van der Waals surface area contributed by atoms with Crippen LogP contribution in [0.15, 0.2) is 16.6 Å². The third-order valence-electron chi connectivity index (χ3n) is 3.73. The van der Waals surface area contributed by atoms with Crippen LogP contribution in [0.1, 0.15) is 33.3 Å². The minimum atomic E-state index is -0.507. The summed E-state index contributed by atoms with van der Waals surface area (Å²) in [6, 6.07) is 5.69. The Labute approximate surface area is 156 Å². The summed E-state index contributed by atoms with van der Waals surface area (Å²) in [4.78, 5) is 16.1. The Balaban J connectivity index is 2.16. The molecule has 1 heterocycles. The van der Waals surface area contributed by atoms with Gasteiger partial charge in [0.25, 0.3) is 0 Å². The van der Waals surface area contributed by atoms with E-state index in [4.69, 9.17) is 21.6 Å². The number of carbonyl (C=O) groups is 1. The molecule has 1 aliphatic heterocycles. The molecule has 2 rings (SSSR count). The zero-order valence-corrected chi connectivity index (χ0v) is 16.6. The number of carbonyl (C=O) groups excluding carboxylic acids is 1. The molecule has 1 fully saturated rings. The highest BCUT2D eigenvalue weighted by Gasteiger charge is 2.31. The molecule has 1 saturated heterocycles. The molecule has 5 nitrogen and oxygen atoms in total. The fraction of sp³-hybridized carbons (Fsp3) is 0.529. The smallest absolute Gasteiger partial charge is 0.410 e. The van der Waals surface area contributed by atoms with Gasteiger partial charge in [0.15, 0.2) is 0 Å². The lowest BCUT2D eigenvalue weighted by Crippen LogP contribution is -2.54. The number of benzene rings is 1. The van der Waals surface area contributed by atoms with Crippen molar-refractivity contribution in [2.45, 2.75) is 39.3 Å². The third-order valence-corrected chi connectivity index (χ3v) is 4.98. The van der Waals surface area contributed by atoms with Crippen LogP contribution in [0.5, 0.6) is 0 Å². The number of amides is 1. The average molecular weight is 415 g/mol. The summed E-state index contributed by atoms with van der Waals surface area (Å²) in [5.74, 6) is 0. The zero-order chi connectivity index (χ0) is 18.1. The van der Waals surface area contributed by atoms with E-state index in [0.717, 1.165) is 5.69 Å². The van der Waals surface area contributed by atoms with Crippen LogP contribution in [0.3, 0.4) is 0 Å². The minimum Gasteiger partial charge on any atom is -0.444 e. The van der Waals surface area contributed by atoms with E-state index in [2.05, 4.69) is 26.9 Å². The maximum absolute atomic E-state index is 12.2. The Morgan fingerprint density at radius 1 is 1.42 bits per heavy atom. The predicted molar refractivity (Wildman–Crippen MR) is 98.5 cm³/mol. The number of hydrogen-bond acceptors (Lipinski definition) is 4. The first-order valence-electron chi connectivity index (χ1n) is 7.76. The van der Waals surface area contributed by atoms with Gasteiger partial charge in [0.05, 0.1) is 22.3 Å². The highest BCUT2D eigenvalue weighted by molar-refractivity contribution is 9.10. The molecule has 0 unspecified atom stereocenters. The van der Waals surface area contributed by atoms with Gasteiger partial charge in [-0.1, -0.05) is 11.6 Å². The number of halogens is 2. The van der Waals surface area contributed by atoms with Gasteiger partial charge in [0.1, 0.15) is 5.60 Å². The van der Waals surface area contributed by atoms with Gasteiger partial charge in [-0.2, -0.15) is 5.26 Å². The number of ether oxygens (including phenoxy) is 1. The molecule has 0 bridgehead atoms. The summed E-state index contributed by atoms with van der Waals surface area (Å²) >= 11 is 9.80. The van der Waals surface area contributed by atoms with Gasteiger partial charge in [-0.05, 0) is 55.8 Å². The Bertz CT molecular complexity index is 682. The molecule has 0 aliphatic carbocycles. The Morgan fingerprint density at radius 3 is 2.62 bits per heavy atom. The number of anilines is 1. The fourth-order valence-electron chi connectivity index (χ4n) is 2.66. The van der Waals surface area contributed by atoms with Crippen LogP contribution in [0.2, 0.25) is 5.02 Å². The molecule has 0 N–H and O–H groups in total. The topological polar surface area (TPSA) is 56.6 Å². The standard InChI is InChI=1S/C17H21BrClN3O2/c1-11-10-21(16(23)24-17(2,3)4)5-6-22(11)14-8-12(9-20)7-13(18)15(14)19/h7-8,11H,5-6,10H2,1-4H3/t11-/m0/s1.